The average Bonchev–Trinajstić information content (AvgIpc) is 2.34. The Morgan fingerprint density at radius 1 is 1.39 bits per heavy atom. The van der Waals surface area contributed by atoms with Gasteiger partial charge in [-0.05, 0) is 49.9 Å². The zero-order valence-corrected chi connectivity index (χ0v) is 11.1. The van der Waals surface area contributed by atoms with E-state index in [1.807, 2.05) is 0 Å². The molecule has 1 atom stereocenters. The van der Waals surface area contributed by atoms with E-state index in [9.17, 15) is 4.79 Å². The van der Waals surface area contributed by atoms with Crippen molar-refractivity contribution < 1.29 is 9.90 Å². The monoisotopic (exact) mass is 247 g/mol. The SMILES string of the molecule is Cc1ccc(CN2CCC[C@H](C(=O)O)C2)cc1C. The van der Waals surface area contributed by atoms with Gasteiger partial charge in [0.1, 0.15) is 0 Å². The molecule has 18 heavy (non-hydrogen) atoms. The van der Waals surface area contributed by atoms with Gasteiger partial charge in [0.2, 0.25) is 0 Å². The molecule has 1 aliphatic heterocycles. The van der Waals surface area contributed by atoms with Gasteiger partial charge in [-0.3, -0.25) is 9.69 Å². The summed E-state index contributed by atoms with van der Waals surface area (Å²) in [7, 11) is 0. The third kappa shape index (κ3) is 3.10. The highest BCUT2D eigenvalue weighted by Crippen LogP contribution is 2.19. The van der Waals surface area contributed by atoms with Gasteiger partial charge >= 0.3 is 5.97 Å². The number of carboxylic acids is 1. The van der Waals surface area contributed by atoms with Crippen LogP contribution in [0.1, 0.15) is 29.5 Å². The van der Waals surface area contributed by atoms with E-state index in [4.69, 9.17) is 5.11 Å². The third-order valence-corrected chi connectivity index (χ3v) is 3.83. The first-order valence-electron chi connectivity index (χ1n) is 6.57. The number of aryl methyl sites for hydroxylation is 2. The van der Waals surface area contributed by atoms with Gasteiger partial charge in [-0.1, -0.05) is 18.2 Å². The summed E-state index contributed by atoms with van der Waals surface area (Å²) in [6.45, 7) is 6.79. The number of likely N-dealkylation sites (tertiary alicyclic amines) is 1. The maximum Gasteiger partial charge on any atom is 0.307 e. The molecule has 1 N–H and O–H groups in total. The number of hydrogen-bond donors (Lipinski definition) is 1. The maximum atomic E-state index is 11.0. The summed E-state index contributed by atoms with van der Waals surface area (Å²) < 4.78 is 0. The van der Waals surface area contributed by atoms with Crippen molar-refractivity contribution in [3.05, 3.63) is 34.9 Å². The summed E-state index contributed by atoms with van der Waals surface area (Å²) >= 11 is 0. The van der Waals surface area contributed by atoms with E-state index in [-0.39, 0.29) is 5.92 Å². The Labute approximate surface area is 108 Å². The molecule has 2 rings (SSSR count). The Morgan fingerprint density at radius 3 is 2.83 bits per heavy atom. The number of carboxylic acid groups (broad SMARTS) is 1. The molecule has 3 nitrogen and oxygen atoms in total. The molecular weight excluding hydrogens is 226 g/mol. The number of carbonyl (C=O) groups is 1. The number of nitrogens with zero attached hydrogens (tertiary/aromatic N) is 1. The first-order chi connectivity index (χ1) is 8.56. The van der Waals surface area contributed by atoms with Crippen molar-refractivity contribution in [2.45, 2.75) is 33.2 Å². The van der Waals surface area contributed by atoms with Crippen LogP contribution in [0, 0.1) is 19.8 Å². The number of hydrogen-bond acceptors (Lipinski definition) is 2. The second-order valence-electron chi connectivity index (χ2n) is 5.33. The van der Waals surface area contributed by atoms with Crippen LogP contribution in [0.15, 0.2) is 18.2 Å². The van der Waals surface area contributed by atoms with Crippen LogP contribution in [0.3, 0.4) is 0 Å². The Kier molecular flexibility index (Phi) is 4.02. The predicted molar refractivity (Wildman–Crippen MR) is 71.6 cm³/mol. The lowest BCUT2D eigenvalue weighted by atomic mass is 9.97. The Hall–Kier alpha value is -1.35. The molecule has 0 aromatic heterocycles. The number of benzene rings is 1. The van der Waals surface area contributed by atoms with Gasteiger partial charge in [-0.15, -0.1) is 0 Å². The molecule has 0 aliphatic carbocycles. The van der Waals surface area contributed by atoms with E-state index in [1.54, 1.807) is 0 Å². The minimum absolute atomic E-state index is 0.190. The first kappa shape index (κ1) is 13.1. The summed E-state index contributed by atoms with van der Waals surface area (Å²) in [5, 5.41) is 9.08. The Bertz CT molecular complexity index is 442. The standard InChI is InChI=1S/C15H21NO2/c1-11-5-6-13(8-12(11)2)9-16-7-3-4-14(10-16)15(17)18/h5-6,8,14H,3-4,7,9-10H2,1-2H3,(H,17,18)/t14-/m0/s1. The maximum absolute atomic E-state index is 11.0. The highest BCUT2D eigenvalue weighted by atomic mass is 16.4. The van der Waals surface area contributed by atoms with Crippen molar-refractivity contribution in [2.75, 3.05) is 13.1 Å². The van der Waals surface area contributed by atoms with Gasteiger partial charge in [0, 0.05) is 13.1 Å². The molecule has 98 valence electrons. The minimum atomic E-state index is -0.653. The van der Waals surface area contributed by atoms with Gasteiger partial charge in [-0.25, -0.2) is 0 Å². The van der Waals surface area contributed by atoms with Crippen LogP contribution in [0.25, 0.3) is 0 Å². The normalized spacial score (nSPS) is 20.9. The molecule has 0 spiro atoms. The van der Waals surface area contributed by atoms with Crippen LogP contribution >= 0.6 is 0 Å². The van der Waals surface area contributed by atoms with Crippen molar-refractivity contribution >= 4 is 5.97 Å². The molecule has 0 radical (unpaired) electrons. The highest BCUT2D eigenvalue weighted by molar-refractivity contribution is 5.70. The lowest BCUT2D eigenvalue weighted by Crippen LogP contribution is -2.38. The van der Waals surface area contributed by atoms with Crippen LogP contribution in [-0.2, 0) is 11.3 Å². The van der Waals surface area contributed by atoms with E-state index in [1.165, 1.54) is 16.7 Å². The van der Waals surface area contributed by atoms with Gasteiger partial charge < -0.3 is 5.11 Å². The highest BCUT2D eigenvalue weighted by Gasteiger charge is 2.25. The van der Waals surface area contributed by atoms with Gasteiger partial charge in [-0.2, -0.15) is 0 Å². The average molecular weight is 247 g/mol. The van der Waals surface area contributed by atoms with Crippen molar-refractivity contribution in [1.29, 1.82) is 0 Å². The van der Waals surface area contributed by atoms with Crippen molar-refractivity contribution in [1.82, 2.24) is 4.90 Å². The van der Waals surface area contributed by atoms with E-state index in [0.29, 0.717) is 6.54 Å². The molecule has 1 saturated heterocycles. The van der Waals surface area contributed by atoms with Gasteiger partial charge in [0.25, 0.3) is 0 Å². The van der Waals surface area contributed by atoms with Crippen LogP contribution in [0.2, 0.25) is 0 Å². The molecular formula is C15H21NO2. The van der Waals surface area contributed by atoms with E-state index < -0.39 is 5.97 Å². The lowest BCUT2D eigenvalue weighted by molar-refractivity contribution is -0.143. The van der Waals surface area contributed by atoms with Crippen LogP contribution in [-0.4, -0.2) is 29.1 Å². The molecule has 1 aliphatic rings. The molecule has 1 fully saturated rings. The van der Waals surface area contributed by atoms with Gasteiger partial charge in [0.05, 0.1) is 5.92 Å². The van der Waals surface area contributed by atoms with Gasteiger partial charge in [0.15, 0.2) is 0 Å². The summed E-state index contributed by atoms with van der Waals surface area (Å²) in [6.07, 6.45) is 1.81. The fourth-order valence-electron chi connectivity index (χ4n) is 2.56. The summed E-state index contributed by atoms with van der Waals surface area (Å²) in [4.78, 5) is 13.3. The molecule has 0 saturated carbocycles. The molecule has 0 amide bonds. The largest absolute Gasteiger partial charge is 0.481 e. The molecule has 1 aromatic carbocycles. The van der Waals surface area contributed by atoms with Crippen molar-refractivity contribution in [3.8, 4) is 0 Å². The first-order valence-corrected chi connectivity index (χ1v) is 6.57. The van der Waals surface area contributed by atoms with E-state index >= 15 is 0 Å². The number of piperidine rings is 1. The van der Waals surface area contributed by atoms with Crippen LogP contribution in [0.5, 0.6) is 0 Å². The van der Waals surface area contributed by atoms with Crippen LogP contribution in [0.4, 0.5) is 0 Å². The molecule has 3 heteroatoms. The summed E-state index contributed by atoms with van der Waals surface area (Å²) in [5.41, 5.74) is 3.89. The smallest absolute Gasteiger partial charge is 0.307 e. The molecule has 1 aromatic rings. The van der Waals surface area contributed by atoms with E-state index in [2.05, 4.69) is 36.9 Å². The lowest BCUT2D eigenvalue weighted by Gasteiger charge is -2.30. The second kappa shape index (κ2) is 5.53. The zero-order valence-electron chi connectivity index (χ0n) is 11.1. The fraction of sp³-hybridized carbons (Fsp3) is 0.533. The van der Waals surface area contributed by atoms with Crippen molar-refractivity contribution in [2.24, 2.45) is 5.92 Å². The summed E-state index contributed by atoms with van der Waals surface area (Å²) in [6, 6.07) is 6.50. The number of rotatable bonds is 3. The van der Waals surface area contributed by atoms with Crippen molar-refractivity contribution in [3.63, 3.8) is 0 Å². The molecule has 0 unspecified atom stereocenters. The number of aliphatic carboxylic acids is 1. The minimum Gasteiger partial charge on any atom is -0.481 e. The Balaban J connectivity index is 2.00. The second-order valence-corrected chi connectivity index (χ2v) is 5.33. The predicted octanol–water partition coefficient (Wildman–Crippen LogP) is 2.60. The molecule has 1 heterocycles. The topological polar surface area (TPSA) is 40.5 Å². The third-order valence-electron chi connectivity index (χ3n) is 3.83. The quantitative estimate of drug-likeness (QED) is 0.892. The van der Waals surface area contributed by atoms with E-state index in [0.717, 1.165) is 25.9 Å². The van der Waals surface area contributed by atoms with Crippen LogP contribution < -0.4 is 0 Å². The fourth-order valence-corrected chi connectivity index (χ4v) is 2.56. The summed E-state index contributed by atoms with van der Waals surface area (Å²) in [5.74, 6) is -0.843. The zero-order chi connectivity index (χ0) is 13.1. The Morgan fingerprint density at radius 2 is 2.17 bits per heavy atom. The molecule has 0 bridgehead atoms.